The van der Waals surface area contributed by atoms with Crippen LogP contribution in [0.25, 0.3) is 0 Å². The summed E-state index contributed by atoms with van der Waals surface area (Å²) in [5, 5.41) is 9.49. The topological polar surface area (TPSA) is 46.5 Å². The summed E-state index contributed by atoms with van der Waals surface area (Å²) in [4.78, 5) is 11.0. The number of rotatable bonds is 3. The summed E-state index contributed by atoms with van der Waals surface area (Å²) in [6.07, 6.45) is 7.02. The van der Waals surface area contributed by atoms with Gasteiger partial charge in [-0.05, 0) is 12.3 Å². The Kier molecular flexibility index (Phi) is 4.94. The second-order valence-electron chi connectivity index (χ2n) is 4.13. The van der Waals surface area contributed by atoms with Crippen LogP contribution in [0, 0.1) is 5.92 Å². The van der Waals surface area contributed by atoms with Gasteiger partial charge in [-0.25, -0.2) is 4.79 Å². The van der Waals surface area contributed by atoms with Crippen LogP contribution in [-0.4, -0.2) is 24.3 Å². The minimum absolute atomic E-state index is 0.491. The van der Waals surface area contributed by atoms with Gasteiger partial charge in [0, 0.05) is 0 Å². The van der Waals surface area contributed by atoms with E-state index >= 15 is 0 Å². The Morgan fingerprint density at radius 1 is 1.36 bits per heavy atom. The normalized spacial score (nSPS) is 21.3. The molecule has 0 saturated heterocycles. The molecule has 0 aromatic heterocycles. The number of carbonyl (C=O) groups is 1. The van der Waals surface area contributed by atoms with E-state index in [0.717, 1.165) is 12.8 Å². The standard InChI is InChI=1S/C11H20O3/c1-14-11(13)10(12)8-9-6-4-2-3-5-7-9/h9-10,12H,2-8H2,1H3. The molecule has 0 spiro atoms. The highest BCUT2D eigenvalue weighted by atomic mass is 16.5. The van der Waals surface area contributed by atoms with Gasteiger partial charge < -0.3 is 9.84 Å². The maximum Gasteiger partial charge on any atom is 0.334 e. The molecule has 1 atom stereocenters. The van der Waals surface area contributed by atoms with E-state index in [9.17, 15) is 9.90 Å². The fraction of sp³-hybridized carbons (Fsp3) is 0.909. The number of hydrogen-bond donors (Lipinski definition) is 1. The number of hydrogen-bond acceptors (Lipinski definition) is 3. The van der Waals surface area contributed by atoms with Crippen molar-refractivity contribution < 1.29 is 14.6 Å². The van der Waals surface area contributed by atoms with Gasteiger partial charge in [-0.3, -0.25) is 0 Å². The average Bonchev–Trinajstić information content (AvgIpc) is 2.45. The first-order chi connectivity index (χ1) is 6.74. The molecule has 1 aliphatic carbocycles. The first kappa shape index (κ1) is 11.5. The molecule has 0 heterocycles. The first-order valence-electron chi connectivity index (χ1n) is 5.50. The van der Waals surface area contributed by atoms with Crippen molar-refractivity contribution in [3.8, 4) is 0 Å². The highest BCUT2D eigenvalue weighted by molar-refractivity contribution is 5.74. The smallest absolute Gasteiger partial charge is 0.334 e. The average molecular weight is 200 g/mol. The van der Waals surface area contributed by atoms with E-state index in [-0.39, 0.29) is 0 Å². The summed E-state index contributed by atoms with van der Waals surface area (Å²) in [6.45, 7) is 0. The van der Waals surface area contributed by atoms with E-state index in [0.29, 0.717) is 12.3 Å². The molecule has 3 nitrogen and oxygen atoms in total. The predicted octanol–water partition coefficient (Wildman–Crippen LogP) is 1.88. The number of aliphatic hydroxyl groups excluding tert-OH is 1. The van der Waals surface area contributed by atoms with E-state index < -0.39 is 12.1 Å². The van der Waals surface area contributed by atoms with Crippen LogP contribution in [0.15, 0.2) is 0 Å². The number of aliphatic hydroxyl groups is 1. The molecule has 0 bridgehead atoms. The quantitative estimate of drug-likeness (QED) is 0.559. The van der Waals surface area contributed by atoms with Crippen LogP contribution < -0.4 is 0 Å². The van der Waals surface area contributed by atoms with E-state index in [1.54, 1.807) is 0 Å². The van der Waals surface area contributed by atoms with Crippen molar-refractivity contribution in [2.75, 3.05) is 7.11 Å². The van der Waals surface area contributed by atoms with Crippen molar-refractivity contribution in [1.29, 1.82) is 0 Å². The molecule has 1 aliphatic rings. The molecule has 0 radical (unpaired) electrons. The van der Waals surface area contributed by atoms with Gasteiger partial charge in [0.05, 0.1) is 7.11 Å². The Morgan fingerprint density at radius 2 is 1.93 bits per heavy atom. The summed E-state index contributed by atoms with van der Waals surface area (Å²) in [7, 11) is 1.32. The Labute approximate surface area is 85.5 Å². The highest BCUT2D eigenvalue weighted by Crippen LogP contribution is 2.26. The van der Waals surface area contributed by atoms with Crippen LogP contribution in [0.1, 0.15) is 44.9 Å². The molecule has 1 N–H and O–H groups in total. The molecule has 82 valence electrons. The summed E-state index contributed by atoms with van der Waals surface area (Å²) >= 11 is 0. The third-order valence-corrected chi connectivity index (χ3v) is 3.00. The molecule has 0 aliphatic heterocycles. The first-order valence-corrected chi connectivity index (χ1v) is 5.50. The largest absolute Gasteiger partial charge is 0.467 e. The van der Waals surface area contributed by atoms with E-state index in [4.69, 9.17) is 0 Å². The highest BCUT2D eigenvalue weighted by Gasteiger charge is 2.21. The van der Waals surface area contributed by atoms with Crippen molar-refractivity contribution in [2.24, 2.45) is 5.92 Å². The van der Waals surface area contributed by atoms with Gasteiger partial charge in [0.1, 0.15) is 0 Å². The molecule has 0 aromatic rings. The zero-order valence-corrected chi connectivity index (χ0v) is 8.87. The van der Waals surface area contributed by atoms with E-state index in [1.165, 1.54) is 32.8 Å². The lowest BCUT2D eigenvalue weighted by atomic mass is 9.94. The molecule has 3 heteroatoms. The SMILES string of the molecule is COC(=O)C(O)CC1CCCCCC1. The minimum Gasteiger partial charge on any atom is -0.467 e. The lowest BCUT2D eigenvalue weighted by Crippen LogP contribution is -2.24. The maximum atomic E-state index is 11.0. The number of methoxy groups -OCH3 is 1. The number of esters is 1. The predicted molar refractivity (Wildman–Crippen MR) is 53.8 cm³/mol. The number of carbonyl (C=O) groups excluding carboxylic acids is 1. The monoisotopic (exact) mass is 200 g/mol. The van der Waals surface area contributed by atoms with Crippen molar-refractivity contribution in [2.45, 2.75) is 51.0 Å². The Hall–Kier alpha value is -0.570. The molecule has 1 fully saturated rings. The molecule has 1 saturated carbocycles. The molecule has 0 amide bonds. The fourth-order valence-electron chi connectivity index (χ4n) is 2.15. The van der Waals surface area contributed by atoms with Gasteiger partial charge in [-0.15, -0.1) is 0 Å². The Morgan fingerprint density at radius 3 is 2.43 bits per heavy atom. The third-order valence-electron chi connectivity index (χ3n) is 3.00. The second-order valence-corrected chi connectivity index (χ2v) is 4.13. The lowest BCUT2D eigenvalue weighted by molar-refractivity contribution is -0.151. The van der Waals surface area contributed by atoms with Crippen LogP contribution in [0.5, 0.6) is 0 Å². The summed E-state index contributed by atoms with van der Waals surface area (Å²) in [6, 6.07) is 0. The molecule has 1 unspecified atom stereocenters. The Bertz CT molecular complexity index is 171. The fourth-order valence-corrected chi connectivity index (χ4v) is 2.15. The van der Waals surface area contributed by atoms with Crippen LogP contribution in [0.4, 0.5) is 0 Å². The van der Waals surface area contributed by atoms with Gasteiger partial charge in [0.25, 0.3) is 0 Å². The third kappa shape index (κ3) is 3.66. The van der Waals surface area contributed by atoms with Crippen molar-refractivity contribution in [1.82, 2.24) is 0 Å². The van der Waals surface area contributed by atoms with Gasteiger partial charge in [0.2, 0.25) is 0 Å². The van der Waals surface area contributed by atoms with Gasteiger partial charge in [-0.2, -0.15) is 0 Å². The Balaban J connectivity index is 2.30. The van der Waals surface area contributed by atoms with Crippen molar-refractivity contribution >= 4 is 5.97 Å². The maximum absolute atomic E-state index is 11.0. The van der Waals surface area contributed by atoms with Crippen LogP contribution >= 0.6 is 0 Å². The van der Waals surface area contributed by atoms with E-state index in [2.05, 4.69) is 4.74 Å². The zero-order chi connectivity index (χ0) is 10.4. The van der Waals surface area contributed by atoms with Gasteiger partial charge >= 0.3 is 5.97 Å². The van der Waals surface area contributed by atoms with Crippen LogP contribution in [-0.2, 0) is 9.53 Å². The summed E-state index contributed by atoms with van der Waals surface area (Å²) < 4.78 is 4.50. The van der Waals surface area contributed by atoms with Crippen LogP contribution in [0.2, 0.25) is 0 Å². The molecule has 0 aromatic carbocycles. The van der Waals surface area contributed by atoms with E-state index in [1.807, 2.05) is 0 Å². The van der Waals surface area contributed by atoms with Gasteiger partial charge in [-0.1, -0.05) is 38.5 Å². The number of ether oxygens (including phenoxy) is 1. The minimum atomic E-state index is -0.914. The lowest BCUT2D eigenvalue weighted by Gasteiger charge is -2.16. The zero-order valence-electron chi connectivity index (χ0n) is 8.87. The van der Waals surface area contributed by atoms with Crippen molar-refractivity contribution in [3.63, 3.8) is 0 Å². The summed E-state index contributed by atoms with van der Waals surface area (Å²) in [5.41, 5.74) is 0. The van der Waals surface area contributed by atoms with Crippen LogP contribution in [0.3, 0.4) is 0 Å². The summed E-state index contributed by atoms with van der Waals surface area (Å²) in [5.74, 6) is 0.0147. The second kappa shape index (κ2) is 6.02. The molecular weight excluding hydrogens is 180 g/mol. The van der Waals surface area contributed by atoms with Gasteiger partial charge in [0.15, 0.2) is 6.10 Å². The molecule has 14 heavy (non-hydrogen) atoms. The van der Waals surface area contributed by atoms with Crippen molar-refractivity contribution in [3.05, 3.63) is 0 Å². The molecule has 1 rings (SSSR count). The molecular formula is C11H20O3.